The Morgan fingerprint density at radius 2 is 2.14 bits per heavy atom. The molecule has 8 heteroatoms. The van der Waals surface area contributed by atoms with E-state index in [9.17, 15) is 10.1 Å². The van der Waals surface area contributed by atoms with Crippen molar-refractivity contribution in [2.24, 2.45) is 0 Å². The molecule has 0 unspecified atom stereocenters. The minimum atomic E-state index is -0.637. The Labute approximate surface area is 120 Å². The Balaban J connectivity index is 2.42. The zero-order chi connectivity index (χ0) is 15.4. The molecule has 0 radical (unpaired) electrons. The van der Waals surface area contributed by atoms with Crippen LogP contribution < -0.4 is 15.2 Å². The van der Waals surface area contributed by atoms with E-state index in [-0.39, 0.29) is 17.5 Å². The predicted molar refractivity (Wildman–Crippen MR) is 75.5 cm³/mol. The molecule has 0 bridgehead atoms. The summed E-state index contributed by atoms with van der Waals surface area (Å²) in [6.07, 6.45) is 1.84. The number of nitrogens with two attached hydrogens (primary N) is 1. The van der Waals surface area contributed by atoms with Gasteiger partial charge in [-0.2, -0.15) is 4.98 Å². The number of rotatable bonds is 5. The molecular formula is C13H14N4O4. The summed E-state index contributed by atoms with van der Waals surface area (Å²) in [6.45, 7) is 2.01. The molecule has 0 saturated carbocycles. The summed E-state index contributed by atoms with van der Waals surface area (Å²) in [6, 6.07) is 5.31. The summed E-state index contributed by atoms with van der Waals surface area (Å²) in [4.78, 5) is 17.7. The summed E-state index contributed by atoms with van der Waals surface area (Å²) in [7, 11) is 1.49. The molecule has 1 aromatic heterocycles. The maximum absolute atomic E-state index is 11.0. The highest BCUT2D eigenvalue weighted by molar-refractivity contribution is 5.49. The van der Waals surface area contributed by atoms with Gasteiger partial charge >= 0.3 is 11.6 Å². The van der Waals surface area contributed by atoms with E-state index in [1.54, 1.807) is 12.1 Å². The lowest BCUT2D eigenvalue weighted by Gasteiger charge is -2.11. The van der Waals surface area contributed by atoms with Gasteiger partial charge in [-0.1, -0.05) is 13.0 Å². The maximum Gasteiger partial charge on any atom is 0.349 e. The van der Waals surface area contributed by atoms with Crippen LogP contribution in [0.4, 0.5) is 11.6 Å². The molecule has 0 fully saturated rings. The van der Waals surface area contributed by atoms with Gasteiger partial charge in [0.1, 0.15) is 6.20 Å². The van der Waals surface area contributed by atoms with Gasteiger partial charge in [0, 0.05) is 0 Å². The third-order valence-corrected chi connectivity index (χ3v) is 2.79. The van der Waals surface area contributed by atoms with Gasteiger partial charge < -0.3 is 15.2 Å². The first-order valence-electron chi connectivity index (χ1n) is 6.16. The molecule has 0 atom stereocenters. The van der Waals surface area contributed by atoms with Crippen molar-refractivity contribution in [3.05, 3.63) is 40.1 Å². The third kappa shape index (κ3) is 3.16. The Morgan fingerprint density at radius 3 is 2.76 bits per heavy atom. The van der Waals surface area contributed by atoms with Crippen LogP contribution in [0.3, 0.4) is 0 Å². The molecule has 0 aliphatic rings. The normalized spacial score (nSPS) is 10.2. The number of ether oxygens (including phenoxy) is 2. The van der Waals surface area contributed by atoms with E-state index in [0.29, 0.717) is 11.5 Å². The van der Waals surface area contributed by atoms with Crippen molar-refractivity contribution in [3.8, 4) is 17.4 Å². The Hall–Kier alpha value is -2.90. The number of nitro groups is 1. The van der Waals surface area contributed by atoms with Crippen molar-refractivity contribution in [1.29, 1.82) is 0 Å². The molecule has 2 aromatic rings. The molecule has 0 aliphatic heterocycles. The second-order valence-electron chi connectivity index (χ2n) is 4.12. The highest BCUT2D eigenvalue weighted by Crippen LogP contribution is 2.35. The van der Waals surface area contributed by atoms with Gasteiger partial charge in [0.25, 0.3) is 0 Å². The van der Waals surface area contributed by atoms with Gasteiger partial charge in [0.15, 0.2) is 11.5 Å². The standard InChI is InChI=1S/C13H14N4O4/c1-3-8-4-5-10(11(6-8)20-2)21-12-9(17(18)19)7-15-13(14)16-12/h4-7H,3H2,1-2H3,(H2,14,15,16). The summed E-state index contributed by atoms with van der Waals surface area (Å²) in [5.41, 5.74) is 6.12. The van der Waals surface area contributed by atoms with E-state index in [0.717, 1.165) is 18.2 Å². The van der Waals surface area contributed by atoms with Crippen molar-refractivity contribution in [3.63, 3.8) is 0 Å². The zero-order valence-corrected chi connectivity index (χ0v) is 11.6. The fraction of sp³-hybridized carbons (Fsp3) is 0.231. The number of methoxy groups -OCH3 is 1. The molecule has 8 nitrogen and oxygen atoms in total. The van der Waals surface area contributed by atoms with Crippen molar-refractivity contribution < 1.29 is 14.4 Å². The summed E-state index contributed by atoms with van der Waals surface area (Å²) in [5, 5.41) is 11.0. The number of hydrogen-bond donors (Lipinski definition) is 1. The summed E-state index contributed by atoms with van der Waals surface area (Å²) >= 11 is 0. The average Bonchev–Trinajstić information content (AvgIpc) is 2.47. The Morgan fingerprint density at radius 1 is 1.38 bits per heavy atom. The molecular weight excluding hydrogens is 276 g/mol. The lowest BCUT2D eigenvalue weighted by molar-refractivity contribution is -0.386. The van der Waals surface area contributed by atoms with E-state index in [2.05, 4.69) is 9.97 Å². The molecule has 21 heavy (non-hydrogen) atoms. The largest absolute Gasteiger partial charge is 0.493 e. The maximum atomic E-state index is 11.0. The fourth-order valence-corrected chi connectivity index (χ4v) is 1.69. The first-order chi connectivity index (χ1) is 10.0. The van der Waals surface area contributed by atoms with Gasteiger partial charge in [0.2, 0.25) is 5.95 Å². The first kappa shape index (κ1) is 14.5. The minimum Gasteiger partial charge on any atom is -0.493 e. The second kappa shape index (κ2) is 6.04. The smallest absolute Gasteiger partial charge is 0.349 e. The zero-order valence-electron chi connectivity index (χ0n) is 11.6. The third-order valence-electron chi connectivity index (χ3n) is 2.79. The van der Waals surface area contributed by atoms with E-state index < -0.39 is 4.92 Å². The molecule has 0 spiro atoms. The summed E-state index contributed by atoms with van der Waals surface area (Å²) in [5.74, 6) is 0.437. The lowest BCUT2D eigenvalue weighted by atomic mass is 10.1. The van der Waals surface area contributed by atoms with Gasteiger partial charge in [-0.25, -0.2) is 4.98 Å². The number of benzene rings is 1. The van der Waals surface area contributed by atoms with Crippen molar-refractivity contribution >= 4 is 11.6 Å². The van der Waals surface area contributed by atoms with Crippen LogP contribution in [0.2, 0.25) is 0 Å². The van der Waals surface area contributed by atoms with E-state index in [4.69, 9.17) is 15.2 Å². The molecule has 2 rings (SSSR count). The first-order valence-corrected chi connectivity index (χ1v) is 6.16. The number of hydrogen-bond acceptors (Lipinski definition) is 7. The van der Waals surface area contributed by atoms with Crippen LogP contribution >= 0.6 is 0 Å². The lowest BCUT2D eigenvalue weighted by Crippen LogP contribution is -2.02. The van der Waals surface area contributed by atoms with Crippen LogP contribution in [0, 0.1) is 10.1 Å². The Bertz CT molecular complexity index is 675. The molecule has 0 saturated heterocycles. The van der Waals surface area contributed by atoms with Crippen LogP contribution in [0.5, 0.6) is 17.4 Å². The topological polar surface area (TPSA) is 113 Å². The van der Waals surface area contributed by atoms with Crippen LogP contribution in [0.25, 0.3) is 0 Å². The van der Waals surface area contributed by atoms with Crippen LogP contribution in [0.1, 0.15) is 12.5 Å². The highest BCUT2D eigenvalue weighted by Gasteiger charge is 2.20. The molecule has 2 N–H and O–H groups in total. The van der Waals surface area contributed by atoms with E-state index >= 15 is 0 Å². The van der Waals surface area contributed by atoms with Gasteiger partial charge in [0.05, 0.1) is 12.0 Å². The van der Waals surface area contributed by atoms with Crippen LogP contribution in [-0.2, 0) is 6.42 Å². The fourth-order valence-electron chi connectivity index (χ4n) is 1.69. The molecule has 0 aliphatic carbocycles. The number of aryl methyl sites for hydroxylation is 1. The molecule has 0 amide bonds. The van der Waals surface area contributed by atoms with Crippen LogP contribution in [-0.4, -0.2) is 22.0 Å². The van der Waals surface area contributed by atoms with E-state index in [1.807, 2.05) is 13.0 Å². The number of anilines is 1. The van der Waals surface area contributed by atoms with Crippen molar-refractivity contribution in [2.45, 2.75) is 13.3 Å². The van der Waals surface area contributed by atoms with Gasteiger partial charge in [-0.15, -0.1) is 0 Å². The quantitative estimate of drug-likeness (QED) is 0.663. The van der Waals surface area contributed by atoms with Gasteiger partial charge in [-0.3, -0.25) is 10.1 Å². The predicted octanol–water partition coefficient (Wildman–Crippen LogP) is 2.33. The van der Waals surface area contributed by atoms with Crippen LogP contribution in [0.15, 0.2) is 24.4 Å². The minimum absolute atomic E-state index is 0.111. The number of nitrogens with zero attached hydrogens (tertiary/aromatic N) is 3. The number of aromatic nitrogens is 2. The number of nitrogen functional groups attached to an aromatic ring is 1. The van der Waals surface area contributed by atoms with Gasteiger partial charge in [-0.05, 0) is 24.1 Å². The van der Waals surface area contributed by atoms with Crippen molar-refractivity contribution in [1.82, 2.24) is 9.97 Å². The van der Waals surface area contributed by atoms with E-state index in [1.165, 1.54) is 7.11 Å². The van der Waals surface area contributed by atoms with Crippen molar-refractivity contribution in [2.75, 3.05) is 12.8 Å². The molecule has 110 valence electrons. The molecule has 1 heterocycles. The highest BCUT2D eigenvalue weighted by atomic mass is 16.6. The summed E-state index contributed by atoms with van der Waals surface area (Å²) < 4.78 is 10.7. The average molecular weight is 290 g/mol. The second-order valence-corrected chi connectivity index (χ2v) is 4.12. The SMILES string of the molecule is CCc1ccc(Oc2nc(N)ncc2[N+](=O)[O-])c(OC)c1. The Kier molecular flexibility index (Phi) is 4.17. The molecule has 1 aromatic carbocycles. The monoisotopic (exact) mass is 290 g/mol.